The molecule has 310 valence electrons. The highest BCUT2D eigenvalue weighted by Gasteiger charge is 2.24. The van der Waals surface area contributed by atoms with Gasteiger partial charge in [0.2, 0.25) is 0 Å². The number of methoxy groups -OCH3 is 1. The van der Waals surface area contributed by atoms with E-state index in [1.807, 2.05) is 56.4 Å². The Morgan fingerprint density at radius 3 is 2.11 bits per heavy atom. The number of aryl methyl sites for hydroxylation is 1. The van der Waals surface area contributed by atoms with E-state index in [1.54, 1.807) is 13.2 Å². The van der Waals surface area contributed by atoms with E-state index < -0.39 is 18.1 Å². The van der Waals surface area contributed by atoms with Crippen molar-refractivity contribution >= 4 is 34.6 Å². The fraction of sp³-hybridized carbons (Fsp3) is 0.548. The maximum absolute atomic E-state index is 11.7. The van der Waals surface area contributed by atoms with Crippen LogP contribution < -0.4 is 9.47 Å². The Kier molecular flexibility index (Phi) is 25.1. The average Bonchev–Trinajstić information content (AvgIpc) is 3.79. The molecule has 0 N–H and O–H groups in total. The molecule has 2 heterocycles. The Balaban J connectivity index is 0.000000928. The van der Waals surface area contributed by atoms with Crippen LogP contribution in [0.15, 0.2) is 77.3 Å². The third-order valence-electron chi connectivity index (χ3n) is 7.92. The van der Waals surface area contributed by atoms with Gasteiger partial charge in [0.15, 0.2) is 0 Å². The van der Waals surface area contributed by atoms with Crippen LogP contribution in [-0.2, 0) is 6.54 Å². The van der Waals surface area contributed by atoms with E-state index in [4.69, 9.17) is 14.5 Å². The van der Waals surface area contributed by atoms with E-state index in [-0.39, 0.29) is 0 Å². The second-order valence-electron chi connectivity index (χ2n) is 13.0. The van der Waals surface area contributed by atoms with E-state index in [1.165, 1.54) is 41.2 Å². The number of ether oxygens (including phenoxy) is 2. The summed E-state index contributed by atoms with van der Waals surface area (Å²) in [5.41, 5.74) is 3.34. The highest BCUT2D eigenvalue weighted by molar-refractivity contribution is 8.00. The van der Waals surface area contributed by atoms with Gasteiger partial charge in [-0.3, -0.25) is 4.90 Å². The number of benzene rings is 2. The lowest BCUT2D eigenvalue weighted by atomic mass is 10.1. The summed E-state index contributed by atoms with van der Waals surface area (Å²) >= 11 is 3.85. The van der Waals surface area contributed by atoms with Gasteiger partial charge in [-0.15, -0.1) is 30.1 Å². The lowest BCUT2D eigenvalue weighted by Crippen LogP contribution is -2.25. The molecule has 1 aromatic heterocycles. The maximum Gasteiger partial charge on any atom is 0.412 e. The first-order chi connectivity index (χ1) is 26.3. The van der Waals surface area contributed by atoms with Gasteiger partial charge >= 0.3 is 6.18 Å². The molecular weight excluding hydrogens is 747 g/mol. The van der Waals surface area contributed by atoms with Crippen LogP contribution in [0.1, 0.15) is 53.4 Å². The van der Waals surface area contributed by atoms with Gasteiger partial charge in [-0.1, -0.05) is 39.8 Å². The van der Waals surface area contributed by atoms with Gasteiger partial charge in [0.05, 0.1) is 24.3 Å². The van der Waals surface area contributed by atoms with Crippen molar-refractivity contribution in [3.63, 3.8) is 0 Å². The van der Waals surface area contributed by atoms with Crippen molar-refractivity contribution in [3.8, 4) is 22.9 Å². The van der Waals surface area contributed by atoms with Crippen molar-refractivity contribution < 1.29 is 27.0 Å². The van der Waals surface area contributed by atoms with Gasteiger partial charge in [-0.05, 0) is 97.8 Å². The van der Waals surface area contributed by atoms with Gasteiger partial charge in [0, 0.05) is 53.5 Å². The number of hydrogen-bond donors (Lipinski definition) is 0. The molecule has 0 aliphatic carbocycles. The lowest BCUT2D eigenvalue weighted by Gasteiger charge is -2.18. The number of allylic oxidation sites excluding steroid dienone is 4. The number of likely N-dealkylation sites (tertiary alicyclic amines) is 1. The predicted molar refractivity (Wildman–Crippen MR) is 229 cm³/mol. The third-order valence-corrected chi connectivity index (χ3v) is 9.89. The highest BCUT2D eigenvalue weighted by atomic mass is 32.2. The molecule has 0 spiro atoms. The molecule has 2 aromatic carbocycles. The number of hydrogen-bond acceptors (Lipinski definition) is 8. The Morgan fingerprint density at radius 2 is 1.58 bits per heavy atom. The number of aromatic nitrogens is 2. The fourth-order valence-electron chi connectivity index (χ4n) is 5.23. The normalized spacial score (nSPS) is 13.1. The van der Waals surface area contributed by atoms with E-state index >= 15 is 0 Å². The summed E-state index contributed by atoms with van der Waals surface area (Å²) in [4.78, 5) is 14.9. The minimum atomic E-state index is -4.59. The summed E-state index contributed by atoms with van der Waals surface area (Å²) in [7, 11) is 10.3. The Hall–Kier alpha value is -2.97. The SMILES string of the molecule is C=C/C(F)=C\C(F)(F)F.C=CC.CC.CCCCn1c(-c2ccc(OC)cc2OCCN2CCCC2)nc2c(SCCN(C)C)cc(SCCN(C)C)cc21. The van der Waals surface area contributed by atoms with Gasteiger partial charge in [-0.2, -0.15) is 13.2 Å². The number of thioether (sulfide) groups is 2. The molecule has 1 fully saturated rings. The van der Waals surface area contributed by atoms with Crippen molar-refractivity contribution in [2.75, 3.05) is 86.1 Å². The van der Waals surface area contributed by atoms with Gasteiger partial charge in [-0.25, -0.2) is 9.37 Å². The molecule has 0 atom stereocenters. The number of fused-ring (bicyclic) bond motifs is 1. The smallest absolute Gasteiger partial charge is 0.412 e. The van der Waals surface area contributed by atoms with Crippen molar-refractivity contribution in [1.82, 2.24) is 24.3 Å². The molecular formula is C42H65F4N5O2S2. The molecule has 0 amide bonds. The Morgan fingerprint density at radius 1 is 0.964 bits per heavy atom. The van der Waals surface area contributed by atoms with E-state index in [0.717, 1.165) is 78.9 Å². The Bertz CT molecular complexity index is 1570. The molecule has 4 rings (SSSR count). The zero-order valence-electron chi connectivity index (χ0n) is 34.6. The van der Waals surface area contributed by atoms with Crippen LogP contribution in [-0.4, -0.2) is 117 Å². The molecule has 3 aromatic rings. The monoisotopic (exact) mass is 811 g/mol. The number of halogens is 4. The molecule has 1 aliphatic rings. The fourth-order valence-corrected chi connectivity index (χ4v) is 7.57. The summed E-state index contributed by atoms with van der Waals surface area (Å²) in [6, 6.07) is 10.9. The van der Waals surface area contributed by atoms with Gasteiger partial charge < -0.3 is 23.8 Å². The first-order valence-corrected chi connectivity index (χ1v) is 21.0. The minimum Gasteiger partial charge on any atom is -0.497 e. The Labute approximate surface area is 337 Å². The minimum absolute atomic E-state index is 0.458. The molecule has 0 radical (unpaired) electrons. The first kappa shape index (κ1) is 50.0. The van der Waals surface area contributed by atoms with Crippen molar-refractivity contribution in [2.24, 2.45) is 0 Å². The molecule has 1 saturated heterocycles. The summed E-state index contributed by atoms with van der Waals surface area (Å²) < 4.78 is 59.5. The van der Waals surface area contributed by atoms with E-state index in [2.05, 4.69) is 85.7 Å². The number of unbranched alkanes of at least 4 members (excludes halogenated alkanes) is 1. The summed E-state index contributed by atoms with van der Waals surface area (Å²) in [5.74, 6) is 3.35. The number of imidazole rings is 1. The van der Waals surface area contributed by atoms with Crippen LogP contribution in [0.3, 0.4) is 0 Å². The number of nitrogens with zero attached hydrogens (tertiary/aromatic N) is 5. The molecule has 0 bridgehead atoms. The molecule has 55 heavy (non-hydrogen) atoms. The first-order valence-electron chi connectivity index (χ1n) is 19.0. The van der Waals surface area contributed by atoms with Crippen LogP contribution in [0.2, 0.25) is 0 Å². The zero-order valence-corrected chi connectivity index (χ0v) is 36.2. The second-order valence-corrected chi connectivity index (χ2v) is 15.3. The van der Waals surface area contributed by atoms with E-state index in [9.17, 15) is 17.6 Å². The number of rotatable bonds is 18. The second kappa shape index (κ2) is 27.6. The average molecular weight is 812 g/mol. The number of alkyl halides is 3. The van der Waals surface area contributed by atoms with Crippen LogP contribution >= 0.6 is 23.5 Å². The van der Waals surface area contributed by atoms with E-state index in [0.29, 0.717) is 12.7 Å². The summed E-state index contributed by atoms with van der Waals surface area (Å²) in [6.45, 7) is 21.3. The van der Waals surface area contributed by atoms with Crippen molar-refractivity contribution in [2.45, 2.75) is 75.9 Å². The van der Waals surface area contributed by atoms with Crippen molar-refractivity contribution in [3.05, 3.63) is 67.5 Å². The standard InChI is InChI=1S/C32H49N5O2S2.C5H4F4.C3H6.C2H6/c1-7-8-15-37-28-23-26(40-20-17-34(2)3)24-30(41-21-18-35(4)5)31(28)33-32(37)27-12-11-25(38-6)22-29(27)39-19-16-36-13-9-10-14-36;1-2-4(6)3-5(7,8)9;1-3-2;1-2/h11-12,22-24H,7-10,13-21H2,1-6H3;2-3H,1H2;3H,1H2,2H3;1-2H3/b;4-3+;;. The van der Waals surface area contributed by atoms with Crippen LogP contribution in [0.25, 0.3) is 22.4 Å². The predicted octanol–water partition coefficient (Wildman–Crippen LogP) is 11.1. The largest absolute Gasteiger partial charge is 0.497 e. The molecule has 0 unspecified atom stereocenters. The molecule has 7 nitrogen and oxygen atoms in total. The summed E-state index contributed by atoms with van der Waals surface area (Å²) in [5, 5.41) is 0. The zero-order chi connectivity index (χ0) is 41.4. The maximum atomic E-state index is 11.7. The topological polar surface area (TPSA) is 46.0 Å². The van der Waals surface area contributed by atoms with Crippen LogP contribution in [0.4, 0.5) is 17.6 Å². The molecule has 1 aliphatic heterocycles. The van der Waals surface area contributed by atoms with Gasteiger partial charge in [0.25, 0.3) is 0 Å². The quantitative estimate of drug-likeness (QED) is 0.0545. The van der Waals surface area contributed by atoms with Gasteiger partial charge in [0.1, 0.15) is 35.3 Å². The third kappa shape index (κ3) is 19.2. The van der Waals surface area contributed by atoms with Crippen LogP contribution in [0, 0.1) is 0 Å². The highest BCUT2D eigenvalue weighted by Crippen LogP contribution is 2.39. The van der Waals surface area contributed by atoms with Crippen molar-refractivity contribution in [1.29, 1.82) is 0 Å². The van der Waals surface area contributed by atoms with Crippen LogP contribution in [0.5, 0.6) is 11.5 Å². The lowest BCUT2D eigenvalue weighted by molar-refractivity contribution is -0.0811. The molecule has 0 saturated carbocycles. The summed E-state index contributed by atoms with van der Waals surface area (Å²) in [6.07, 6.45) is 2.00. The molecule has 13 heteroatoms.